The first kappa shape index (κ1) is 15.1. The lowest BCUT2D eigenvalue weighted by Gasteiger charge is -2.22. The highest BCUT2D eigenvalue weighted by Gasteiger charge is 2.28. The first-order valence-electron chi connectivity index (χ1n) is 6.93. The van der Waals surface area contributed by atoms with Gasteiger partial charge >= 0.3 is 5.97 Å². The monoisotopic (exact) mass is 289 g/mol. The molecule has 1 saturated heterocycles. The molecule has 0 aliphatic carbocycles. The van der Waals surface area contributed by atoms with Crippen LogP contribution in [0.15, 0.2) is 30.4 Å². The second kappa shape index (κ2) is 6.43. The Morgan fingerprint density at radius 1 is 1.33 bits per heavy atom. The first-order valence-corrected chi connectivity index (χ1v) is 6.93. The molecule has 5 nitrogen and oxygen atoms in total. The van der Waals surface area contributed by atoms with E-state index in [4.69, 9.17) is 9.84 Å². The fourth-order valence-corrected chi connectivity index (χ4v) is 2.60. The molecule has 0 saturated carbocycles. The van der Waals surface area contributed by atoms with Crippen molar-refractivity contribution in [1.29, 1.82) is 0 Å². The van der Waals surface area contributed by atoms with Gasteiger partial charge in [0, 0.05) is 12.1 Å². The molecule has 1 aliphatic rings. The standard InChI is InChI=1S/C16H19NO4/c1-3-5-13-6-4-7-17(13)15(18)11-8-12(16(19)20)10-14(9-11)21-2/h3,5,8-10,13H,4,6-7H2,1-2H3,(H,19,20)/b5-3+. The molecule has 1 N–H and O–H groups in total. The minimum atomic E-state index is -1.07. The van der Waals surface area contributed by atoms with Crippen molar-refractivity contribution in [3.8, 4) is 5.75 Å². The van der Waals surface area contributed by atoms with Gasteiger partial charge < -0.3 is 14.7 Å². The highest BCUT2D eigenvalue weighted by atomic mass is 16.5. The van der Waals surface area contributed by atoms with E-state index >= 15 is 0 Å². The number of carbonyl (C=O) groups is 2. The number of likely N-dealkylation sites (tertiary alicyclic amines) is 1. The van der Waals surface area contributed by atoms with E-state index in [1.165, 1.54) is 19.2 Å². The van der Waals surface area contributed by atoms with Crippen LogP contribution in [-0.2, 0) is 0 Å². The lowest BCUT2D eigenvalue weighted by molar-refractivity contribution is 0.0696. The third-order valence-corrected chi connectivity index (χ3v) is 3.61. The number of allylic oxidation sites excluding steroid dienone is 1. The van der Waals surface area contributed by atoms with Gasteiger partial charge in [0.05, 0.1) is 18.7 Å². The maximum atomic E-state index is 12.6. The third kappa shape index (κ3) is 3.24. The van der Waals surface area contributed by atoms with Crippen molar-refractivity contribution >= 4 is 11.9 Å². The van der Waals surface area contributed by atoms with Crippen LogP contribution in [0.25, 0.3) is 0 Å². The molecule has 112 valence electrons. The molecule has 1 unspecified atom stereocenters. The molecular formula is C16H19NO4. The van der Waals surface area contributed by atoms with Crippen LogP contribution in [0.3, 0.4) is 0 Å². The molecule has 1 aliphatic heterocycles. The fraction of sp³-hybridized carbons (Fsp3) is 0.375. The van der Waals surface area contributed by atoms with E-state index in [1.54, 1.807) is 11.0 Å². The fourth-order valence-electron chi connectivity index (χ4n) is 2.60. The molecule has 1 amide bonds. The SMILES string of the molecule is C/C=C/C1CCCN1C(=O)c1cc(OC)cc(C(=O)O)c1. The lowest BCUT2D eigenvalue weighted by atomic mass is 10.1. The van der Waals surface area contributed by atoms with Gasteiger partial charge in [-0.05, 0) is 38.0 Å². The summed E-state index contributed by atoms with van der Waals surface area (Å²) >= 11 is 0. The van der Waals surface area contributed by atoms with Crippen LogP contribution in [0, 0.1) is 0 Å². The number of amides is 1. The lowest BCUT2D eigenvalue weighted by Crippen LogP contribution is -2.34. The Kier molecular flexibility index (Phi) is 4.62. The minimum Gasteiger partial charge on any atom is -0.497 e. The van der Waals surface area contributed by atoms with Gasteiger partial charge in [-0.1, -0.05) is 12.2 Å². The van der Waals surface area contributed by atoms with Gasteiger partial charge in [-0.3, -0.25) is 4.79 Å². The number of hydrogen-bond acceptors (Lipinski definition) is 3. The summed E-state index contributed by atoms with van der Waals surface area (Å²) in [6.45, 7) is 2.61. The van der Waals surface area contributed by atoms with E-state index in [1.807, 2.05) is 19.1 Å². The third-order valence-electron chi connectivity index (χ3n) is 3.61. The van der Waals surface area contributed by atoms with Crippen molar-refractivity contribution in [2.75, 3.05) is 13.7 Å². The number of ether oxygens (including phenoxy) is 1. The number of carboxylic acids is 1. The Balaban J connectivity index is 2.34. The second-order valence-electron chi connectivity index (χ2n) is 4.99. The van der Waals surface area contributed by atoms with Gasteiger partial charge in [0.25, 0.3) is 5.91 Å². The summed E-state index contributed by atoms with van der Waals surface area (Å²) in [7, 11) is 1.45. The van der Waals surface area contributed by atoms with Gasteiger partial charge in [0.1, 0.15) is 5.75 Å². The second-order valence-corrected chi connectivity index (χ2v) is 4.99. The predicted molar refractivity (Wildman–Crippen MR) is 78.8 cm³/mol. The Bertz CT molecular complexity index is 580. The Hall–Kier alpha value is -2.30. The Morgan fingerprint density at radius 2 is 2.05 bits per heavy atom. The Morgan fingerprint density at radius 3 is 2.67 bits per heavy atom. The molecule has 0 bridgehead atoms. The molecule has 0 aromatic heterocycles. The average Bonchev–Trinajstić information content (AvgIpc) is 2.94. The maximum absolute atomic E-state index is 12.6. The predicted octanol–water partition coefficient (Wildman–Crippen LogP) is 2.57. The van der Waals surface area contributed by atoms with E-state index < -0.39 is 5.97 Å². The van der Waals surface area contributed by atoms with Crippen molar-refractivity contribution in [3.63, 3.8) is 0 Å². The average molecular weight is 289 g/mol. The highest BCUT2D eigenvalue weighted by Crippen LogP contribution is 2.24. The molecule has 1 heterocycles. The topological polar surface area (TPSA) is 66.8 Å². The molecule has 1 aromatic carbocycles. The van der Waals surface area contributed by atoms with Crippen LogP contribution in [0.4, 0.5) is 0 Å². The first-order chi connectivity index (χ1) is 10.1. The number of rotatable bonds is 4. The van der Waals surface area contributed by atoms with Gasteiger partial charge in [-0.25, -0.2) is 4.79 Å². The van der Waals surface area contributed by atoms with Crippen molar-refractivity contribution in [3.05, 3.63) is 41.5 Å². The number of carboxylic acid groups (broad SMARTS) is 1. The molecule has 1 fully saturated rings. The summed E-state index contributed by atoms with van der Waals surface area (Å²) in [6.07, 6.45) is 5.83. The molecule has 0 spiro atoms. The molecule has 1 atom stereocenters. The number of hydrogen-bond donors (Lipinski definition) is 1. The molecule has 0 radical (unpaired) electrons. The maximum Gasteiger partial charge on any atom is 0.335 e. The number of methoxy groups -OCH3 is 1. The normalized spacial score (nSPS) is 18.2. The summed E-state index contributed by atoms with van der Waals surface area (Å²) in [6, 6.07) is 4.48. The summed E-state index contributed by atoms with van der Waals surface area (Å²) in [5.74, 6) is -0.855. The zero-order valence-corrected chi connectivity index (χ0v) is 12.2. The van der Waals surface area contributed by atoms with E-state index in [9.17, 15) is 9.59 Å². The largest absolute Gasteiger partial charge is 0.497 e. The van der Waals surface area contributed by atoms with Crippen molar-refractivity contribution in [2.24, 2.45) is 0 Å². The van der Waals surface area contributed by atoms with Crippen molar-refractivity contribution < 1.29 is 19.4 Å². The van der Waals surface area contributed by atoms with E-state index in [0.29, 0.717) is 17.9 Å². The van der Waals surface area contributed by atoms with Crippen LogP contribution in [-0.4, -0.2) is 41.6 Å². The van der Waals surface area contributed by atoms with Gasteiger partial charge in [-0.15, -0.1) is 0 Å². The summed E-state index contributed by atoms with van der Waals surface area (Å²) < 4.78 is 5.08. The highest BCUT2D eigenvalue weighted by molar-refractivity contribution is 5.98. The Labute approximate surface area is 123 Å². The number of benzene rings is 1. The van der Waals surface area contributed by atoms with Gasteiger partial charge in [0.2, 0.25) is 0 Å². The van der Waals surface area contributed by atoms with Crippen LogP contribution in [0.5, 0.6) is 5.75 Å². The van der Waals surface area contributed by atoms with Crippen LogP contribution in [0.1, 0.15) is 40.5 Å². The quantitative estimate of drug-likeness (QED) is 0.865. The van der Waals surface area contributed by atoms with E-state index in [-0.39, 0.29) is 17.5 Å². The number of nitrogens with zero attached hydrogens (tertiary/aromatic N) is 1. The minimum absolute atomic E-state index is 0.0551. The van der Waals surface area contributed by atoms with Gasteiger partial charge in [-0.2, -0.15) is 0 Å². The van der Waals surface area contributed by atoms with E-state index in [0.717, 1.165) is 12.8 Å². The molecule has 1 aromatic rings. The molecule has 5 heteroatoms. The zero-order chi connectivity index (χ0) is 15.4. The molecule has 2 rings (SSSR count). The number of aromatic carboxylic acids is 1. The summed E-state index contributed by atoms with van der Waals surface area (Å²) in [4.78, 5) is 25.5. The van der Waals surface area contributed by atoms with Crippen molar-refractivity contribution in [2.45, 2.75) is 25.8 Å². The van der Waals surface area contributed by atoms with Crippen LogP contribution in [0.2, 0.25) is 0 Å². The smallest absolute Gasteiger partial charge is 0.335 e. The zero-order valence-electron chi connectivity index (χ0n) is 12.2. The summed E-state index contributed by atoms with van der Waals surface area (Å²) in [5.41, 5.74) is 0.405. The summed E-state index contributed by atoms with van der Waals surface area (Å²) in [5, 5.41) is 9.12. The van der Waals surface area contributed by atoms with Crippen LogP contribution >= 0.6 is 0 Å². The van der Waals surface area contributed by atoms with E-state index in [2.05, 4.69) is 0 Å². The number of carbonyl (C=O) groups excluding carboxylic acids is 1. The van der Waals surface area contributed by atoms with Crippen LogP contribution < -0.4 is 4.74 Å². The molecular weight excluding hydrogens is 270 g/mol. The van der Waals surface area contributed by atoms with Gasteiger partial charge in [0.15, 0.2) is 0 Å². The molecule has 21 heavy (non-hydrogen) atoms. The van der Waals surface area contributed by atoms with Crippen molar-refractivity contribution in [1.82, 2.24) is 4.90 Å².